The van der Waals surface area contributed by atoms with Gasteiger partial charge in [0, 0.05) is 5.92 Å². The Bertz CT molecular complexity index is 362. The molecule has 2 bridgehead atoms. The Morgan fingerprint density at radius 2 is 2.07 bits per heavy atom. The minimum Gasteiger partial charge on any atom is -0.273 e. The number of hydrogen-bond acceptors (Lipinski definition) is 3. The lowest BCUT2D eigenvalue weighted by Crippen LogP contribution is -2.31. The summed E-state index contributed by atoms with van der Waals surface area (Å²) in [5, 5.41) is 7.30. The van der Waals surface area contributed by atoms with Gasteiger partial charge in [0.05, 0.1) is 0 Å². The van der Waals surface area contributed by atoms with Crippen molar-refractivity contribution in [2.24, 2.45) is 17.8 Å². The van der Waals surface area contributed by atoms with E-state index in [-0.39, 0.29) is 11.8 Å². The first kappa shape index (κ1) is 8.88. The molecule has 3 rings (SSSR count). The first-order valence-electron chi connectivity index (χ1n) is 5.48. The second-order valence-electron chi connectivity index (χ2n) is 4.63. The highest BCUT2D eigenvalue weighted by Gasteiger charge is 2.43. The van der Waals surface area contributed by atoms with Crippen molar-refractivity contribution in [2.45, 2.75) is 25.7 Å². The van der Waals surface area contributed by atoms with Crippen molar-refractivity contribution in [2.75, 3.05) is 5.43 Å². The summed E-state index contributed by atoms with van der Waals surface area (Å²) in [6, 6.07) is 0. The highest BCUT2D eigenvalue weighted by molar-refractivity contribution is 5.86. The molecule has 5 nitrogen and oxygen atoms in total. The SMILES string of the molecule is O=C(Nn1cnnc1)C1CC2CCC1C2. The highest BCUT2D eigenvalue weighted by Crippen LogP contribution is 2.48. The summed E-state index contributed by atoms with van der Waals surface area (Å²) in [6.07, 6.45) is 7.88. The normalized spacial score (nSPS) is 33.2. The third-order valence-electron chi connectivity index (χ3n) is 3.73. The first-order chi connectivity index (χ1) is 7.33. The maximum absolute atomic E-state index is 11.9. The molecular weight excluding hydrogens is 192 g/mol. The minimum absolute atomic E-state index is 0.127. The number of nitrogens with one attached hydrogen (secondary N) is 1. The fraction of sp³-hybridized carbons (Fsp3) is 0.700. The molecule has 0 saturated heterocycles. The molecule has 1 amide bonds. The van der Waals surface area contributed by atoms with E-state index in [0.29, 0.717) is 5.92 Å². The van der Waals surface area contributed by atoms with Gasteiger partial charge in [0.2, 0.25) is 5.91 Å². The van der Waals surface area contributed by atoms with Crippen LogP contribution in [0.5, 0.6) is 0 Å². The zero-order valence-electron chi connectivity index (χ0n) is 8.47. The Balaban J connectivity index is 1.66. The lowest BCUT2D eigenvalue weighted by molar-refractivity contribution is -0.122. The molecule has 0 aromatic carbocycles. The van der Waals surface area contributed by atoms with E-state index < -0.39 is 0 Å². The van der Waals surface area contributed by atoms with E-state index in [1.807, 2.05) is 0 Å². The van der Waals surface area contributed by atoms with Crippen LogP contribution in [0.1, 0.15) is 25.7 Å². The molecule has 0 radical (unpaired) electrons. The van der Waals surface area contributed by atoms with E-state index in [4.69, 9.17) is 0 Å². The molecule has 2 fully saturated rings. The molecule has 2 aliphatic rings. The van der Waals surface area contributed by atoms with Gasteiger partial charge in [-0.2, -0.15) is 0 Å². The van der Waals surface area contributed by atoms with Crippen molar-refractivity contribution < 1.29 is 4.79 Å². The molecule has 15 heavy (non-hydrogen) atoms. The van der Waals surface area contributed by atoms with Gasteiger partial charge >= 0.3 is 0 Å². The van der Waals surface area contributed by atoms with Gasteiger partial charge in [-0.1, -0.05) is 6.42 Å². The average Bonchev–Trinajstić information content (AvgIpc) is 2.93. The van der Waals surface area contributed by atoms with Crippen LogP contribution >= 0.6 is 0 Å². The summed E-state index contributed by atoms with van der Waals surface area (Å²) in [5.41, 5.74) is 2.80. The zero-order chi connectivity index (χ0) is 10.3. The highest BCUT2D eigenvalue weighted by atomic mass is 16.2. The summed E-state index contributed by atoms with van der Waals surface area (Å²) in [7, 11) is 0. The number of rotatable bonds is 2. The van der Waals surface area contributed by atoms with Crippen LogP contribution in [0, 0.1) is 17.8 Å². The van der Waals surface area contributed by atoms with E-state index >= 15 is 0 Å². The maximum Gasteiger partial charge on any atom is 0.242 e. The molecule has 1 heterocycles. The van der Waals surface area contributed by atoms with Crippen LogP contribution in [0.2, 0.25) is 0 Å². The van der Waals surface area contributed by atoms with Crippen LogP contribution in [0.25, 0.3) is 0 Å². The Morgan fingerprint density at radius 1 is 1.27 bits per heavy atom. The summed E-state index contributed by atoms with van der Waals surface area (Å²) in [6.45, 7) is 0. The number of carbonyl (C=O) groups is 1. The Morgan fingerprint density at radius 3 is 2.67 bits per heavy atom. The maximum atomic E-state index is 11.9. The van der Waals surface area contributed by atoms with Gasteiger partial charge in [0.15, 0.2) is 0 Å². The molecule has 80 valence electrons. The third-order valence-corrected chi connectivity index (χ3v) is 3.73. The van der Waals surface area contributed by atoms with E-state index in [1.165, 1.54) is 36.6 Å². The molecule has 5 heteroatoms. The average molecular weight is 206 g/mol. The topological polar surface area (TPSA) is 59.8 Å². The lowest BCUT2D eigenvalue weighted by Gasteiger charge is -2.20. The Hall–Kier alpha value is -1.39. The number of carbonyl (C=O) groups excluding carboxylic acids is 1. The van der Waals surface area contributed by atoms with Crippen LogP contribution in [0.15, 0.2) is 12.7 Å². The van der Waals surface area contributed by atoms with Crippen molar-refractivity contribution in [1.29, 1.82) is 0 Å². The molecule has 1 aromatic rings. The lowest BCUT2D eigenvalue weighted by atomic mass is 9.88. The van der Waals surface area contributed by atoms with Crippen molar-refractivity contribution in [3.05, 3.63) is 12.7 Å². The molecule has 2 saturated carbocycles. The van der Waals surface area contributed by atoms with Crippen LogP contribution in [0.3, 0.4) is 0 Å². The van der Waals surface area contributed by atoms with Crippen LogP contribution in [-0.2, 0) is 4.79 Å². The second kappa shape index (κ2) is 3.32. The van der Waals surface area contributed by atoms with E-state index in [2.05, 4.69) is 15.6 Å². The van der Waals surface area contributed by atoms with E-state index in [1.54, 1.807) is 0 Å². The molecule has 0 aliphatic heterocycles. The van der Waals surface area contributed by atoms with Crippen molar-refractivity contribution in [3.8, 4) is 0 Å². The van der Waals surface area contributed by atoms with Crippen LogP contribution < -0.4 is 5.43 Å². The monoisotopic (exact) mass is 206 g/mol. The number of aromatic nitrogens is 3. The molecule has 0 spiro atoms. The predicted octanol–water partition coefficient (Wildman–Crippen LogP) is 0.784. The molecule has 3 unspecified atom stereocenters. The van der Waals surface area contributed by atoms with Gasteiger partial charge in [0.25, 0.3) is 0 Å². The summed E-state index contributed by atoms with van der Waals surface area (Å²) < 4.78 is 1.52. The quantitative estimate of drug-likeness (QED) is 0.778. The smallest absolute Gasteiger partial charge is 0.242 e. The number of hydrogen-bond donors (Lipinski definition) is 1. The van der Waals surface area contributed by atoms with Crippen LogP contribution in [0.4, 0.5) is 0 Å². The van der Waals surface area contributed by atoms with Gasteiger partial charge in [-0.05, 0) is 31.1 Å². The Labute approximate surface area is 87.8 Å². The van der Waals surface area contributed by atoms with Gasteiger partial charge in [0.1, 0.15) is 12.7 Å². The largest absolute Gasteiger partial charge is 0.273 e. The molecule has 1 N–H and O–H groups in total. The number of fused-ring (bicyclic) bond motifs is 2. The Kier molecular flexibility index (Phi) is 1.97. The molecule has 1 aromatic heterocycles. The first-order valence-corrected chi connectivity index (χ1v) is 5.48. The number of amides is 1. The fourth-order valence-electron chi connectivity index (χ4n) is 3.03. The second-order valence-corrected chi connectivity index (χ2v) is 4.63. The van der Waals surface area contributed by atoms with Crippen molar-refractivity contribution in [1.82, 2.24) is 14.9 Å². The predicted molar refractivity (Wildman–Crippen MR) is 53.3 cm³/mol. The van der Waals surface area contributed by atoms with Crippen molar-refractivity contribution >= 4 is 5.91 Å². The fourth-order valence-corrected chi connectivity index (χ4v) is 3.03. The van der Waals surface area contributed by atoms with E-state index in [0.717, 1.165) is 12.3 Å². The van der Waals surface area contributed by atoms with Crippen molar-refractivity contribution in [3.63, 3.8) is 0 Å². The molecule has 2 aliphatic carbocycles. The summed E-state index contributed by atoms with van der Waals surface area (Å²) >= 11 is 0. The summed E-state index contributed by atoms with van der Waals surface area (Å²) in [5.74, 6) is 1.76. The standard InChI is InChI=1S/C10H14N4O/c15-10(13-14-5-11-12-6-14)9-4-7-1-2-8(9)3-7/h5-9H,1-4H2,(H,13,15). The van der Waals surface area contributed by atoms with Gasteiger partial charge in [-0.3, -0.25) is 10.2 Å². The van der Waals surface area contributed by atoms with Gasteiger partial charge in [-0.25, -0.2) is 4.68 Å². The molecule has 3 atom stereocenters. The molecular formula is C10H14N4O. The number of nitrogens with zero attached hydrogens (tertiary/aromatic N) is 3. The van der Waals surface area contributed by atoms with Gasteiger partial charge in [-0.15, -0.1) is 10.2 Å². The van der Waals surface area contributed by atoms with Gasteiger partial charge < -0.3 is 0 Å². The minimum atomic E-state index is 0.127. The zero-order valence-corrected chi connectivity index (χ0v) is 8.47. The van der Waals surface area contributed by atoms with E-state index in [9.17, 15) is 4.79 Å². The van der Waals surface area contributed by atoms with Crippen LogP contribution in [-0.4, -0.2) is 20.8 Å². The third kappa shape index (κ3) is 1.52. The summed E-state index contributed by atoms with van der Waals surface area (Å²) in [4.78, 5) is 11.9.